The van der Waals surface area contributed by atoms with Crippen LogP contribution in [0.15, 0.2) is 34.7 Å². The number of furan rings is 1. The van der Waals surface area contributed by atoms with E-state index in [1.807, 2.05) is 0 Å². The molecule has 2 N–H and O–H groups in total. The second-order valence-electron chi connectivity index (χ2n) is 3.64. The maximum atomic E-state index is 11.3. The highest BCUT2D eigenvalue weighted by molar-refractivity contribution is 6.01. The molecule has 0 aliphatic rings. The number of hydrogen-bond acceptors (Lipinski definition) is 5. The van der Waals surface area contributed by atoms with Gasteiger partial charge in [-0.05, 0) is 18.2 Å². The zero-order chi connectivity index (χ0) is 14.0. The summed E-state index contributed by atoms with van der Waals surface area (Å²) in [4.78, 5) is 32.2. The zero-order valence-corrected chi connectivity index (χ0v) is 9.53. The Morgan fingerprint density at radius 1 is 1.32 bits per heavy atom. The third-order valence-electron chi connectivity index (χ3n) is 2.49. The molecule has 19 heavy (non-hydrogen) atoms. The topological polar surface area (TPSA) is 116 Å². The number of carbonyl (C=O) groups excluding carboxylic acids is 2. The minimum Gasteiger partial charge on any atom is -0.453 e. The molecule has 0 unspecified atom stereocenters. The molecule has 1 amide bonds. The number of amides is 1. The van der Waals surface area contributed by atoms with Crippen LogP contribution in [0.1, 0.15) is 20.9 Å². The van der Waals surface area contributed by atoms with E-state index in [4.69, 9.17) is 10.2 Å². The van der Waals surface area contributed by atoms with Crippen molar-refractivity contribution in [3.63, 3.8) is 0 Å². The normalized spacial score (nSPS) is 10.1. The average Bonchev–Trinajstić information content (AvgIpc) is 2.86. The van der Waals surface area contributed by atoms with Crippen LogP contribution in [-0.2, 0) is 0 Å². The van der Waals surface area contributed by atoms with Crippen molar-refractivity contribution in [2.24, 2.45) is 5.73 Å². The van der Waals surface area contributed by atoms with Crippen LogP contribution in [0.3, 0.4) is 0 Å². The number of nitrogens with two attached hydrogens (primary N) is 1. The van der Waals surface area contributed by atoms with Gasteiger partial charge in [0.15, 0.2) is 12.0 Å². The van der Waals surface area contributed by atoms with Crippen LogP contribution >= 0.6 is 0 Å². The highest BCUT2D eigenvalue weighted by atomic mass is 16.6. The molecule has 2 aromatic rings. The van der Waals surface area contributed by atoms with E-state index in [2.05, 4.69) is 0 Å². The fraction of sp³-hybridized carbons (Fsp3) is 0. The van der Waals surface area contributed by atoms with Crippen molar-refractivity contribution < 1.29 is 18.9 Å². The van der Waals surface area contributed by atoms with Crippen molar-refractivity contribution in [1.82, 2.24) is 0 Å². The van der Waals surface area contributed by atoms with Gasteiger partial charge in [-0.15, -0.1) is 0 Å². The van der Waals surface area contributed by atoms with E-state index in [0.29, 0.717) is 6.29 Å². The van der Waals surface area contributed by atoms with Crippen molar-refractivity contribution in [2.45, 2.75) is 0 Å². The van der Waals surface area contributed by atoms with Gasteiger partial charge in [-0.2, -0.15) is 0 Å². The Labute approximate surface area is 106 Å². The van der Waals surface area contributed by atoms with E-state index in [1.54, 1.807) is 0 Å². The predicted molar refractivity (Wildman–Crippen MR) is 64.7 cm³/mol. The summed E-state index contributed by atoms with van der Waals surface area (Å²) in [5, 5.41) is 11.0. The van der Waals surface area contributed by atoms with Crippen molar-refractivity contribution >= 4 is 17.9 Å². The van der Waals surface area contributed by atoms with E-state index in [1.165, 1.54) is 30.3 Å². The van der Waals surface area contributed by atoms with E-state index in [9.17, 15) is 19.7 Å². The molecule has 1 aromatic carbocycles. The third-order valence-corrected chi connectivity index (χ3v) is 2.49. The number of primary amides is 1. The molecule has 1 heterocycles. The van der Waals surface area contributed by atoms with Gasteiger partial charge in [0.05, 0.1) is 10.5 Å². The zero-order valence-electron chi connectivity index (χ0n) is 9.53. The van der Waals surface area contributed by atoms with Crippen LogP contribution in [0.4, 0.5) is 5.69 Å². The number of rotatable bonds is 4. The summed E-state index contributed by atoms with van der Waals surface area (Å²) in [6.45, 7) is 0. The summed E-state index contributed by atoms with van der Waals surface area (Å²) in [7, 11) is 0. The second-order valence-corrected chi connectivity index (χ2v) is 3.64. The van der Waals surface area contributed by atoms with Crippen LogP contribution < -0.4 is 5.73 Å². The first-order valence-corrected chi connectivity index (χ1v) is 5.17. The van der Waals surface area contributed by atoms with Gasteiger partial charge >= 0.3 is 0 Å². The van der Waals surface area contributed by atoms with E-state index < -0.39 is 10.8 Å². The molecule has 2 rings (SSSR count). The Morgan fingerprint density at radius 2 is 2.05 bits per heavy atom. The van der Waals surface area contributed by atoms with Gasteiger partial charge in [-0.1, -0.05) is 6.07 Å². The largest absolute Gasteiger partial charge is 0.453 e. The molecular formula is C12H8N2O5. The number of nitro benzene ring substituents is 1. The van der Waals surface area contributed by atoms with E-state index in [-0.39, 0.29) is 28.3 Å². The van der Waals surface area contributed by atoms with Gasteiger partial charge in [-0.25, -0.2) is 0 Å². The molecule has 0 aliphatic heterocycles. The van der Waals surface area contributed by atoms with Gasteiger partial charge < -0.3 is 10.2 Å². The molecule has 7 heteroatoms. The Balaban J connectivity index is 2.74. The highest BCUT2D eigenvalue weighted by Crippen LogP contribution is 2.34. The lowest BCUT2D eigenvalue weighted by molar-refractivity contribution is -0.384. The van der Waals surface area contributed by atoms with Crippen LogP contribution in [0.2, 0.25) is 0 Å². The minimum atomic E-state index is -0.817. The lowest BCUT2D eigenvalue weighted by atomic mass is 10.0. The minimum absolute atomic E-state index is 0.00331. The predicted octanol–water partition coefficient (Wildman–Crippen LogP) is 1.77. The molecule has 96 valence electrons. The summed E-state index contributed by atoms with van der Waals surface area (Å²) in [6, 6.07) is 6.66. The fourth-order valence-corrected chi connectivity index (χ4v) is 1.71. The summed E-state index contributed by atoms with van der Waals surface area (Å²) >= 11 is 0. The van der Waals surface area contributed by atoms with Gasteiger partial charge in [-0.3, -0.25) is 19.7 Å². The Morgan fingerprint density at radius 3 is 2.58 bits per heavy atom. The van der Waals surface area contributed by atoms with Crippen LogP contribution in [0.5, 0.6) is 0 Å². The fourth-order valence-electron chi connectivity index (χ4n) is 1.71. The monoisotopic (exact) mass is 260 g/mol. The van der Waals surface area contributed by atoms with Gasteiger partial charge in [0, 0.05) is 6.07 Å². The number of hydrogen-bond donors (Lipinski definition) is 1. The molecule has 7 nitrogen and oxygen atoms in total. The third kappa shape index (κ3) is 2.21. The Hall–Kier alpha value is -2.96. The maximum Gasteiger partial charge on any atom is 0.281 e. The Bertz CT molecular complexity index is 642. The lowest BCUT2D eigenvalue weighted by Crippen LogP contribution is -2.13. The van der Waals surface area contributed by atoms with Crippen LogP contribution in [-0.4, -0.2) is 17.1 Å². The molecule has 0 bridgehead atoms. The average molecular weight is 260 g/mol. The second kappa shape index (κ2) is 4.73. The number of benzene rings is 1. The summed E-state index contributed by atoms with van der Waals surface area (Å²) in [5.74, 6) is -0.769. The van der Waals surface area contributed by atoms with Gasteiger partial charge in [0.1, 0.15) is 11.3 Å². The first-order valence-electron chi connectivity index (χ1n) is 5.17. The van der Waals surface area contributed by atoms with Gasteiger partial charge in [0.25, 0.3) is 5.69 Å². The summed E-state index contributed by atoms with van der Waals surface area (Å²) in [5.41, 5.74) is 4.80. The highest BCUT2D eigenvalue weighted by Gasteiger charge is 2.24. The van der Waals surface area contributed by atoms with Crippen molar-refractivity contribution in [2.75, 3.05) is 0 Å². The summed E-state index contributed by atoms with van der Waals surface area (Å²) in [6.07, 6.45) is 0.461. The standard InChI is InChI=1S/C12H8N2O5/c13-12(16)8-2-1-3-9(14(17)18)11(8)10-5-4-7(6-15)19-10/h1-6H,(H2,13,16). The molecule has 0 fully saturated rings. The number of nitro groups is 1. The van der Waals surface area contributed by atoms with E-state index in [0.717, 1.165) is 0 Å². The Kier molecular flexibility index (Phi) is 3.11. The molecule has 0 spiro atoms. The molecular weight excluding hydrogens is 252 g/mol. The lowest BCUT2D eigenvalue weighted by Gasteiger charge is -2.04. The van der Waals surface area contributed by atoms with Crippen molar-refractivity contribution in [3.8, 4) is 11.3 Å². The molecule has 0 aliphatic carbocycles. The van der Waals surface area contributed by atoms with E-state index >= 15 is 0 Å². The molecule has 1 aromatic heterocycles. The number of nitrogens with zero attached hydrogens (tertiary/aromatic N) is 1. The van der Waals surface area contributed by atoms with Crippen LogP contribution in [0, 0.1) is 10.1 Å². The van der Waals surface area contributed by atoms with Crippen molar-refractivity contribution in [1.29, 1.82) is 0 Å². The number of carbonyl (C=O) groups is 2. The molecule has 0 saturated carbocycles. The quantitative estimate of drug-likeness (QED) is 0.510. The van der Waals surface area contributed by atoms with Crippen LogP contribution in [0.25, 0.3) is 11.3 Å². The smallest absolute Gasteiger partial charge is 0.281 e. The molecule has 0 radical (unpaired) electrons. The first kappa shape index (κ1) is 12.5. The SMILES string of the molecule is NC(=O)c1cccc([N+](=O)[O-])c1-c1ccc(C=O)o1. The van der Waals surface area contributed by atoms with Crippen molar-refractivity contribution in [3.05, 3.63) is 51.8 Å². The first-order chi connectivity index (χ1) is 9.04. The number of aldehydes is 1. The maximum absolute atomic E-state index is 11.3. The van der Waals surface area contributed by atoms with Gasteiger partial charge in [0.2, 0.25) is 5.91 Å². The molecule has 0 atom stereocenters. The summed E-state index contributed by atoms with van der Waals surface area (Å²) < 4.78 is 5.12. The molecule has 0 saturated heterocycles.